The van der Waals surface area contributed by atoms with Crippen LogP contribution in [0.25, 0.3) is 0 Å². The van der Waals surface area contributed by atoms with E-state index in [1.807, 2.05) is 25.7 Å². The summed E-state index contributed by atoms with van der Waals surface area (Å²) in [5.41, 5.74) is 2.20. The van der Waals surface area contributed by atoms with Crippen LogP contribution in [0.2, 0.25) is 0 Å². The van der Waals surface area contributed by atoms with Crippen molar-refractivity contribution < 1.29 is 13.2 Å². The Morgan fingerprint density at radius 3 is 2.38 bits per heavy atom. The van der Waals surface area contributed by atoms with Crippen LogP contribution in [-0.4, -0.2) is 45.1 Å². The van der Waals surface area contributed by atoms with E-state index in [1.54, 1.807) is 18.2 Å². The lowest BCUT2D eigenvalue weighted by molar-refractivity contribution is -0.117. The molecule has 6 heteroatoms. The molecular formula is C15H24N2O3S. The van der Waals surface area contributed by atoms with Gasteiger partial charge in [0.15, 0.2) is 9.84 Å². The van der Waals surface area contributed by atoms with Gasteiger partial charge in [0.1, 0.15) is 0 Å². The average molecular weight is 312 g/mol. The Bertz CT molecular complexity index is 593. The van der Waals surface area contributed by atoms with Crippen molar-refractivity contribution in [2.24, 2.45) is 0 Å². The molecule has 0 saturated carbocycles. The molecule has 1 amide bonds. The summed E-state index contributed by atoms with van der Waals surface area (Å²) in [6.07, 6.45) is 1.21. The van der Waals surface area contributed by atoms with Crippen LogP contribution >= 0.6 is 0 Å². The maximum atomic E-state index is 12.0. The van der Waals surface area contributed by atoms with Crippen LogP contribution in [0, 0.1) is 6.92 Å². The summed E-state index contributed by atoms with van der Waals surface area (Å²) in [5.74, 6) is -0.100. The molecule has 0 radical (unpaired) electrons. The van der Waals surface area contributed by atoms with Gasteiger partial charge in [-0.15, -0.1) is 0 Å². The molecule has 0 saturated heterocycles. The van der Waals surface area contributed by atoms with Crippen LogP contribution < -0.4 is 5.32 Å². The summed E-state index contributed by atoms with van der Waals surface area (Å²) >= 11 is 0. The minimum atomic E-state index is -3.09. The molecule has 0 heterocycles. The Hall–Kier alpha value is -1.40. The van der Waals surface area contributed by atoms with Gasteiger partial charge in [-0.25, -0.2) is 8.42 Å². The molecule has 0 bridgehead atoms. The molecule has 0 fully saturated rings. The van der Waals surface area contributed by atoms with E-state index in [1.165, 1.54) is 6.26 Å². The first-order chi connectivity index (χ1) is 9.76. The first-order valence-corrected chi connectivity index (χ1v) is 9.11. The molecule has 0 atom stereocenters. The second-order valence-electron chi connectivity index (χ2n) is 5.17. The first kappa shape index (κ1) is 17.7. The Balaban J connectivity index is 2.85. The predicted molar refractivity (Wildman–Crippen MR) is 86.1 cm³/mol. The second kappa shape index (κ2) is 7.56. The number of nitrogens with one attached hydrogen (secondary N) is 1. The van der Waals surface area contributed by atoms with Crippen molar-refractivity contribution in [3.63, 3.8) is 0 Å². The number of rotatable bonds is 7. The number of benzene rings is 1. The topological polar surface area (TPSA) is 66.5 Å². The van der Waals surface area contributed by atoms with E-state index < -0.39 is 9.84 Å². The van der Waals surface area contributed by atoms with Crippen molar-refractivity contribution >= 4 is 21.4 Å². The van der Waals surface area contributed by atoms with Crippen LogP contribution in [0.3, 0.4) is 0 Å². The summed E-state index contributed by atoms with van der Waals surface area (Å²) in [4.78, 5) is 14.0. The van der Waals surface area contributed by atoms with E-state index in [0.717, 1.165) is 24.2 Å². The highest BCUT2D eigenvalue weighted by molar-refractivity contribution is 7.89. The van der Waals surface area contributed by atoms with Gasteiger partial charge in [-0.3, -0.25) is 9.69 Å². The second-order valence-corrected chi connectivity index (χ2v) is 7.31. The van der Waals surface area contributed by atoms with E-state index >= 15 is 0 Å². The van der Waals surface area contributed by atoms with Gasteiger partial charge in [0.05, 0.1) is 12.3 Å². The number of nitrogens with zero attached hydrogens (tertiary/aromatic N) is 1. The summed E-state index contributed by atoms with van der Waals surface area (Å²) in [7, 11) is -3.09. The minimum Gasteiger partial charge on any atom is -0.325 e. The Labute approximate surface area is 127 Å². The standard InChI is InChI=1S/C15H24N2O3S/c1-5-17(6-2)10-15(18)16-14-9-7-8-13(12(14)3)11-21(4,19)20/h7-9H,5-6,10-11H2,1-4H3,(H,16,18). The molecule has 118 valence electrons. The highest BCUT2D eigenvalue weighted by Gasteiger charge is 2.12. The maximum absolute atomic E-state index is 12.0. The van der Waals surface area contributed by atoms with Crippen LogP contribution in [0.1, 0.15) is 25.0 Å². The number of likely N-dealkylation sites (N-methyl/N-ethyl adjacent to an activating group) is 1. The quantitative estimate of drug-likeness (QED) is 0.834. The summed E-state index contributed by atoms with van der Waals surface area (Å²) in [6.45, 7) is 7.81. The van der Waals surface area contributed by atoms with Crippen molar-refractivity contribution in [1.29, 1.82) is 0 Å². The number of carbonyl (C=O) groups is 1. The number of anilines is 1. The molecule has 0 aliphatic heterocycles. The van der Waals surface area contributed by atoms with E-state index in [9.17, 15) is 13.2 Å². The molecule has 21 heavy (non-hydrogen) atoms. The predicted octanol–water partition coefficient (Wildman–Crippen LogP) is 1.82. The zero-order valence-electron chi connectivity index (χ0n) is 13.1. The lowest BCUT2D eigenvalue weighted by atomic mass is 10.1. The SMILES string of the molecule is CCN(CC)CC(=O)Nc1cccc(CS(C)(=O)=O)c1C. The monoisotopic (exact) mass is 312 g/mol. The Morgan fingerprint density at radius 2 is 1.86 bits per heavy atom. The zero-order valence-corrected chi connectivity index (χ0v) is 14.0. The molecule has 5 nitrogen and oxygen atoms in total. The molecule has 0 unspecified atom stereocenters. The van der Waals surface area contributed by atoms with E-state index in [0.29, 0.717) is 12.2 Å². The maximum Gasteiger partial charge on any atom is 0.238 e. The fraction of sp³-hybridized carbons (Fsp3) is 0.533. The van der Waals surface area contributed by atoms with Gasteiger partial charge < -0.3 is 5.32 Å². The van der Waals surface area contributed by atoms with Gasteiger partial charge in [-0.1, -0.05) is 26.0 Å². The summed E-state index contributed by atoms with van der Waals surface area (Å²) in [6, 6.07) is 5.33. The van der Waals surface area contributed by atoms with Gasteiger partial charge in [-0.05, 0) is 37.2 Å². The molecule has 1 N–H and O–H groups in total. The third-order valence-corrected chi connectivity index (χ3v) is 4.23. The number of hydrogen-bond acceptors (Lipinski definition) is 4. The molecule has 1 aromatic rings. The number of sulfone groups is 1. The van der Waals surface area contributed by atoms with Gasteiger partial charge in [0.2, 0.25) is 5.91 Å². The smallest absolute Gasteiger partial charge is 0.238 e. The van der Waals surface area contributed by atoms with Crippen LogP contribution in [0.15, 0.2) is 18.2 Å². The van der Waals surface area contributed by atoms with Crippen molar-refractivity contribution in [2.45, 2.75) is 26.5 Å². The molecule has 0 aliphatic rings. The number of carbonyl (C=O) groups excluding carboxylic acids is 1. The largest absolute Gasteiger partial charge is 0.325 e. The number of amides is 1. The molecular weight excluding hydrogens is 288 g/mol. The van der Waals surface area contributed by atoms with Crippen molar-refractivity contribution in [3.8, 4) is 0 Å². The minimum absolute atomic E-state index is 0.0153. The average Bonchev–Trinajstić information content (AvgIpc) is 2.39. The van der Waals surface area contributed by atoms with Gasteiger partial charge >= 0.3 is 0 Å². The molecule has 1 aromatic carbocycles. The Kier molecular flexibility index (Phi) is 6.36. The third kappa shape index (κ3) is 5.85. The zero-order chi connectivity index (χ0) is 16.0. The first-order valence-electron chi connectivity index (χ1n) is 7.05. The van der Waals surface area contributed by atoms with Gasteiger partial charge in [-0.2, -0.15) is 0 Å². The summed E-state index contributed by atoms with van der Waals surface area (Å²) in [5, 5.41) is 2.86. The molecule has 1 rings (SSSR count). The number of hydrogen-bond donors (Lipinski definition) is 1. The van der Waals surface area contributed by atoms with Crippen LogP contribution in [-0.2, 0) is 20.4 Å². The van der Waals surface area contributed by atoms with E-state index in [-0.39, 0.29) is 11.7 Å². The summed E-state index contributed by atoms with van der Waals surface area (Å²) < 4.78 is 22.8. The molecule has 0 spiro atoms. The van der Waals surface area contributed by atoms with Crippen LogP contribution in [0.4, 0.5) is 5.69 Å². The molecule has 0 aliphatic carbocycles. The fourth-order valence-corrected chi connectivity index (χ4v) is 2.98. The lowest BCUT2D eigenvalue weighted by Crippen LogP contribution is -2.33. The lowest BCUT2D eigenvalue weighted by Gasteiger charge is -2.18. The fourth-order valence-electron chi connectivity index (χ4n) is 2.10. The van der Waals surface area contributed by atoms with Gasteiger partial charge in [0.25, 0.3) is 0 Å². The van der Waals surface area contributed by atoms with Gasteiger partial charge in [0, 0.05) is 11.9 Å². The van der Waals surface area contributed by atoms with E-state index in [2.05, 4.69) is 5.32 Å². The highest BCUT2D eigenvalue weighted by atomic mass is 32.2. The highest BCUT2D eigenvalue weighted by Crippen LogP contribution is 2.20. The van der Waals surface area contributed by atoms with E-state index in [4.69, 9.17) is 0 Å². The Morgan fingerprint density at radius 1 is 1.24 bits per heavy atom. The van der Waals surface area contributed by atoms with Crippen LogP contribution in [0.5, 0.6) is 0 Å². The van der Waals surface area contributed by atoms with Crippen molar-refractivity contribution in [2.75, 3.05) is 31.2 Å². The third-order valence-electron chi connectivity index (χ3n) is 3.40. The normalized spacial score (nSPS) is 11.7. The van der Waals surface area contributed by atoms with Crippen molar-refractivity contribution in [3.05, 3.63) is 29.3 Å². The van der Waals surface area contributed by atoms with Crippen molar-refractivity contribution in [1.82, 2.24) is 4.90 Å². The molecule has 0 aromatic heterocycles.